The molecule has 200 valence electrons. The first-order chi connectivity index (χ1) is 17.8. The summed E-state index contributed by atoms with van der Waals surface area (Å²) < 4.78 is 0. The van der Waals surface area contributed by atoms with Gasteiger partial charge in [-0.1, -0.05) is 35.9 Å². The number of hydrogen-bond donors (Lipinski definition) is 0. The van der Waals surface area contributed by atoms with Crippen LogP contribution in [0, 0.1) is 13.8 Å². The maximum absolute atomic E-state index is 2.49. The fourth-order valence-corrected chi connectivity index (χ4v) is 11.7. The van der Waals surface area contributed by atoms with Gasteiger partial charge in [-0.25, -0.2) is 0 Å². The first kappa shape index (κ1) is 29.9. The second-order valence-electron chi connectivity index (χ2n) is 10.8. The van der Waals surface area contributed by atoms with Crippen LogP contribution < -0.4 is 4.90 Å². The average Bonchev–Trinajstić information content (AvgIpc) is 2.94. The van der Waals surface area contributed by atoms with Crippen LogP contribution in [0.15, 0.2) is 66.7 Å². The first-order valence-electron chi connectivity index (χ1n) is 14.5. The second-order valence-corrected chi connectivity index (χ2v) is 20.6. The highest BCUT2D eigenvalue weighted by Gasteiger charge is 2.33. The second kappa shape index (κ2) is 13.4. The van der Waals surface area contributed by atoms with Crippen LogP contribution in [-0.2, 0) is 12.3 Å². The van der Waals surface area contributed by atoms with Crippen molar-refractivity contribution in [2.45, 2.75) is 67.7 Å². The quantitative estimate of drug-likeness (QED) is 0.197. The molecule has 3 aromatic rings. The Balaban J connectivity index is 2.05. The topological polar surface area (TPSA) is 3.24 Å². The SMILES string of the molecule is CC[P+](CC)(CC)Cc1ccc(N(c2ccc(C)cc2)c2ccc(C)c(C[P+](CC)(CC)CC)c2)cc1. The van der Waals surface area contributed by atoms with Crippen molar-refractivity contribution >= 4 is 31.6 Å². The van der Waals surface area contributed by atoms with E-state index >= 15 is 0 Å². The zero-order chi connectivity index (χ0) is 27.1. The molecular weight excluding hydrogens is 484 g/mol. The minimum atomic E-state index is -0.940. The van der Waals surface area contributed by atoms with E-state index in [1.165, 1.54) is 88.6 Å². The molecule has 0 saturated carbocycles. The van der Waals surface area contributed by atoms with Gasteiger partial charge < -0.3 is 4.90 Å². The van der Waals surface area contributed by atoms with Crippen molar-refractivity contribution in [2.75, 3.05) is 41.9 Å². The van der Waals surface area contributed by atoms with Gasteiger partial charge in [-0.05, 0) is 108 Å². The molecule has 0 saturated heterocycles. The predicted octanol–water partition coefficient (Wildman–Crippen LogP) is 10.9. The number of rotatable bonds is 13. The molecule has 0 atom stereocenters. The van der Waals surface area contributed by atoms with Crippen LogP contribution in [0.5, 0.6) is 0 Å². The Hall–Kier alpha value is -1.68. The van der Waals surface area contributed by atoms with Gasteiger partial charge in [0, 0.05) is 31.6 Å². The van der Waals surface area contributed by atoms with Crippen molar-refractivity contribution in [1.82, 2.24) is 0 Å². The van der Waals surface area contributed by atoms with Crippen LogP contribution in [0.1, 0.15) is 63.8 Å². The van der Waals surface area contributed by atoms with E-state index in [0.717, 1.165) is 0 Å². The van der Waals surface area contributed by atoms with Crippen molar-refractivity contribution in [2.24, 2.45) is 0 Å². The summed E-state index contributed by atoms with van der Waals surface area (Å²) in [6.45, 7) is 18.9. The maximum atomic E-state index is 2.49. The van der Waals surface area contributed by atoms with Crippen molar-refractivity contribution in [3.8, 4) is 0 Å². The van der Waals surface area contributed by atoms with Gasteiger partial charge in [0.2, 0.25) is 0 Å². The first-order valence-corrected chi connectivity index (χ1v) is 19.6. The fourth-order valence-electron chi connectivity index (χ4n) is 5.62. The van der Waals surface area contributed by atoms with Crippen LogP contribution in [-0.4, -0.2) is 37.0 Å². The molecule has 37 heavy (non-hydrogen) atoms. The maximum Gasteiger partial charge on any atom is 0.0845 e. The number of nitrogens with zero attached hydrogens (tertiary/aromatic N) is 1. The molecule has 0 unspecified atom stereocenters. The molecule has 0 N–H and O–H groups in total. The normalized spacial score (nSPS) is 12.1. The Bertz CT molecular complexity index is 1090. The van der Waals surface area contributed by atoms with Crippen LogP contribution in [0.25, 0.3) is 0 Å². The van der Waals surface area contributed by atoms with Crippen LogP contribution in [0.3, 0.4) is 0 Å². The Labute approximate surface area is 229 Å². The van der Waals surface area contributed by atoms with Crippen molar-refractivity contribution < 1.29 is 0 Å². The molecule has 0 aliphatic rings. The molecule has 0 aliphatic carbocycles. The molecule has 0 bridgehead atoms. The number of anilines is 3. The minimum Gasteiger partial charge on any atom is -0.310 e. The van der Waals surface area contributed by atoms with Gasteiger partial charge in [0.25, 0.3) is 0 Å². The molecule has 0 fully saturated rings. The monoisotopic (exact) mass is 535 g/mol. The summed E-state index contributed by atoms with van der Waals surface area (Å²) >= 11 is 0. The summed E-state index contributed by atoms with van der Waals surface area (Å²) in [4.78, 5) is 2.46. The molecule has 0 amide bonds. The summed E-state index contributed by atoms with van der Waals surface area (Å²) in [6.07, 6.45) is 10.6. The third kappa shape index (κ3) is 7.05. The van der Waals surface area contributed by atoms with E-state index in [-0.39, 0.29) is 0 Å². The van der Waals surface area contributed by atoms with Crippen molar-refractivity contribution in [1.29, 1.82) is 0 Å². The molecule has 1 nitrogen and oxygen atoms in total. The standard InChI is InChI=1S/C34H51NP2/c1-9-36(10-2,11-3)26-30-18-23-33(24-19-30)35(32-20-15-28(7)16-21-32)34-22-17-29(8)31(25-34)27-37(12-4,13-5)14-6/h15-25H,9-14,26-27H2,1-8H3/q+2. The Kier molecular flexibility index (Phi) is 10.8. The van der Waals surface area contributed by atoms with E-state index in [9.17, 15) is 0 Å². The van der Waals surface area contributed by atoms with Gasteiger partial charge in [0.05, 0.1) is 49.3 Å². The lowest BCUT2D eigenvalue weighted by Gasteiger charge is -2.29. The van der Waals surface area contributed by atoms with Gasteiger partial charge in [0.15, 0.2) is 0 Å². The molecule has 3 heteroatoms. The van der Waals surface area contributed by atoms with Crippen LogP contribution in [0.2, 0.25) is 0 Å². The Morgan fingerprint density at radius 2 is 0.946 bits per heavy atom. The molecule has 3 rings (SSSR count). The van der Waals surface area contributed by atoms with Crippen molar-refractivity contribution in [3.63, 3.8) is 0 Å². The lowest BCUT2D eigenvalue weighted by Crippen LogP contribution is -2.12. The van der Waals surface area contributed by atoms with Crippen LogP contribution in [0.4, 0.5) is 17.1 Å². The molecular formula is C34H51NP2+2. The smallest absolute Gasteiger partial charge is 0.0845 e. The summed E-state index contributed by atoms with van der Waals surface area (Å²) in [5.74, 6) is 0. The highest BCUT2D eigenvalue weighted by Crippen LogP contribution is 2.61. The summed E-state index contributed by atoms with van der Waals surface area (Å²) in [6, 6.07) is 25.6. The summed E-state index contributed by atoms with van der Waals surface area (Å²) in [5, 5.41) is 0. The van der Waals surface area contributed by atoms with Gasteiger partial charge in [-0.3, -0.25) is 0 Å². The van der Waals surface area contributed by atoms with Crippen molar-refractivity contribution in [3.05, 3.63) is 89.0 Å². The number of benzene rings is 3. The molecule has 0 spiro atoms. The minimum absolute atomic E-state index is 0.873. The zero-order valence-electron chi connectivity index (χ0n) is 24.8. The molecule has 0 aromatic heterocycles. The third-order valence-electron chi connectivity index (χ3n) is 9.13. The van der Waals surface area contributed by atoms with E-state index in [1.54, 1.807) is 0 Å². The number of aryl methyl sites for hydroxylation is 2. The average molecular weight is 536 g/mol. The predicted molar refractivity (Wildman–Crippen MR) is 175 cm³/mol. The number of hydrogen-bond acceptors (Lipinski definition) is 1. The Morgan fingerprint density at radius 3 is 1.43 bits per heavy atom. The molecule has 0 heterocycles. The highest BCUT2D eigenvalue weighted by molar-refractivity contribution is 7.75. The van der Waals surface area contributed by atoms with Gasteiger partial charge in [-0.15, -0.1) is 0 Å². The lowest BCUT2D eigenvalue weighted by molar-refractivity contribution is 1.18. The van der Waals surface area contributed by atoms with E-state index in [4.69, 9.17) is 0 Å². The van der Waals surface area contributed by atoms with Gasteiger partial charge in [0.1, 0.15) is 0 Å². The van der Waals surface area contributed by atoms with E-state index < -0.39 is 14.5 Å². The lowest BCUT2D eigenvalue weighted by atomic mass is 10.1. The van der Waals surface area contributed by atoms with Gasteiger partial charge >= 0.3 is 0 Å². The van der Waals surface area contributed by atoms with E-state index in [2.05, 4.69) is 127 Å². The highest BCUT2D eigenvalue weighted by atomic mass is 31.2. The molecule has 0 radical (unpaired) electrons. The zero-order valence-corrected chi connectivity index (χ0v) is 26.6. The largest absolute Gasteiger partial charge is 0.310 e. The van der Waals surface area contributed by atoms with E-state index in [0.29, 0.717) is 0 Å². The van der Waals surface area contributed by atoms with Crippen LogP contribution >= 0.6 is 14.5 Å². The summed E-state index contributed by atoms with van der Waals surface area (Å²) in [7, 11) is -1.81. The molecule has 3 aromatic carbocycles. The Morgan fingerprint density at radius 1 is 0.514 bits per heavy atom. The van der Waals surface area contributed by atoms with E-state index in [1.807, 2.05) is 0 Å². The van der Waals surface area contributed by atoms with Gasteiger partial charge in [-0.2, -0.15) is 0 Å². The fraction of sp³-hybridized carbons (Fsp3) is 0.471. The third-order valence-corrected chi connectivity index (χ3v) is 19.2. The molecule has 0 aliphatic heterocycles. The summed E-state index contributed by atoms with van der Waals surface area (Å²) in [5.41, 5.74) is 9.52.